The van der Waals surface area contributed by atoms with Gasteiger partial charge in [0.15, 0.2) is 0 Å². The number of aromatic nitrogens is 1. The number of pyridine rings is 1. The lowest BCUT2D eigenvalue weighted by molar-refractivity contribution is 0.0600. The molecule has 1 saturated heterocycles. The summed E-state index contributed by atoms with van der Waals surface area (Å²) in [6.45, 7) is 18.5. The van der Waals surface area contributed by atoms with Crippen molar-refractivity contribution in [3.63, 3.8) is 0 Å². The number of rotatable bonds is 8. The topological polar surface area (TPSA) is 40.6 Å². The van der Waals surface area contributed by atoms with Crippen molar-refractivity contribution < 1.29 is 4.74 Å². The Morgan fingerprint density at radius 2 is 1.88 bits per heavy atom. The van der Waals surface area contributed by atoms with E-state index >= 15 is 0 Å². The van der Waals surface area contributed by atoms with E-state index in [1.165, 1.54) is 5.56 Å². The van der Waals surface area contributed by atoms with Crippen molar-refractivity contribution in [2.24, 2.45) is 0 Å². The van der Waals surface area contributed by atoms with Crippen molar-refractivity contribution in [2.45, 2.75) is 59.2 Å². The van der Waals surface area contributed by atoms with E-state index < -0.39 is 0 Å². The molecule has 1 aliphatic heterocycles. The van der Waals surface area contributed by atoms with Gasteiger partial charge in [-0.1, -0.05) is 19.9 Å². The third-order valence-corrected chi connectivity index (χ3v) is 4.70. The van der Waals surface area contributed by atoms with Gasteiger partial charge in [-0.15, -0.1) is 0 Å². The summed E-state index contributed by atoms with van der Waals surface area (Å²) in [4.78, 5) is 9.51. The predicted octanol–water partition coefficient (Wildman–Crippen LogP) is 2.76. The molecule has 0 amide bonds. The predicted molar refractivity (Wildman–Crippen MR) is 104 cm³/mol. The Bertz CT molecular complexity index is 487. The van der Waals surface area contributed by atoms with Crippen LogP contribution in [0.1, 0.15) is 46.6 Å². The van der Waals surface area contributed by atoms with Gasteiger partial charge >= 0.3 is 0 Å². The minimum absolute atomic E-state index is 0.289. The first-order valence-corrected chi connectivity index (χ1v) is 9.63. The lowest BCUT2D eigenvalue weighted by Gasteiger charge is -2.42. The van der Waals surface area contributed by atoms with Gasteiger partial charge < -0.3 is 15.0 Å². The molecule has 0 bridgehead atoms. The summed E-state index contributed by atoms with van der Waals surface area (Å²) in [6, 6.07) is 4.55. The van der Waals surface area contributed by atoms with Gasteiger partial charge in [0.05, 0.1) is 6.61 Å². The second-order valence-corrected chi connectivity index (χ2v) is 8.24. The summed E-state index contributed by atoms with van der Waals surface area (Å²) in [5.41, 5.74) is 1.48. The van der Waals surface area contributed by atoms with Crippen LogP contribution in [0.4, 0.5) is 0 Å². The fourth-order valence-corrected chi connectivity index (χ4v) is 3.03. The molecule has 0 saturated carbocycles. The Hall–Kier alpha value is -1.17. The van der Waals surface area contributed by atoms with Crippen molar-refractivity contribution in [3.8, 4) is 5.88 Å². The van der Waals surface area contributed by atoms with Crippen LogP contribution in [0.15, 0.2) is 18.3 Å². The van der Waals surface area contributed by atoms with Gasteiger partial charge in [-0.25, -0.2) is 4.98 Å². The van der Waals surface area contributed by atoms with Crippen molar-refractivity contribution in [1.82, 2.24) is 20.1 Å². The van der Waals surface area contributed by atoms with Crippen molar-refractivity contribution in [2.75, 3.05) is 39.3 Å². The second kappa shape index (κ2) is 9.51. The van der Waals surface area contributed by atoms with Crippen LogP contribution < -0.4 is 10.1 Å². The molecule has 0 aliphatic carbocycles. The van der Waals surface area contributed by atoms with E-state index in [-0.39, 0.29) is 5.54 Å². The standard InChI is InChI=1S/C20H36N4O/c1-17(2)21-15-18-7-8-19(22-16-18)25-14-6-9-23-10-12-24(13-11-23)20(3,4)5/h7-8,16-17,21H,6,9-15H2,1-5H3. The zero-order valence-electron chi connectivity index (χ0n) is 16.7. The average molecular weight is 349 g/mol. The molecule has 0 spiro atoms. The molecule has 0 radical (unpaired) electrons. The third kappa shape index (κ3) is 7.30. The first kappa shape index (κ1) is 20.1. The minimum Gasteiger partial charge on any atom is -0.478 e. The highest BCUT2D eigenvalue weighted by atomic mass is 16.5. The lowest BCUT2D eigenvalue weighted by Crippen LogP contribution is -2.53. The average Bonchev–Trinajstić information content (AvgIpc) is 2.57. The Morgan fingerprint density at radius 3 is 2.44 bits per heavy atom. The van der Waals surface area contributed by atoms with E-state index in [0.29, 0.717) is 6.04 Å². The molecule has 0 unspecified atom stereocenters. The molecule has 142 valence electrons. The van der Waals surface area contributed by atoms with Gasteiger partial charge in [-0.2, -0.15) is 0 Å². The molecule has 1 N–H and O–H groups in total. The maximum absolute atomic E-state index is 5.78. The summed E-state index contributed by atoms with van der Waals surface area (Å²) < 4.78 is 5.78. The molecule has 1 fully saturated rings. The molecule has 1 aromatic heterocycles. The van der Waals surface area contributed by atoms with E-state index in [2.05, 4.69) is 60.8 Å². The zero-order valence-corrected chi connectivity index (χ0v) is 16.7. The summed E-state index contributed by atoms with van der Waals surface area (Å²) in [6.07, 6.45) is 2.95. The summed E-state index contributed by atoms with van der Waals surface area (Å²) in [5.74, 6) is 0.728. The van der Waals surface area contributed by atoms with Crippen LogP contribution in [0.2, 0.25) is 0 Å². The van der Waals surface area contributed by atoms with Crippen LogP contribution in [0.5, 0.6) is 5.88 Å². The Labute approximate surface area is 153 Å². The van der Waals surface area contributed by atoms with E-state index in [1.54, 1.807) is 0 Å². The molecular formula is C20H36N4O. The van der Waals surface area contributed by atoms with Crippen LogP contribution in [0, 0.1) is 0 Å². The number of piperazine rings is 1. The lowest BCUT2D eigenvalue weighted by atomic mass is 10.0. The number of hydrogen-bond donors (Lipinski definition) is 1. The van der Waals surface area contributed by atoms with Crippen molar-refractivity contribution in [1.29, 1.82) is 0 Å². The summed E-state index contributed by atoms with van der Waals surface area (Å²) >= 11 is 0. The molecule has 2 rings (SSSR count). The zero-order chi connectivity index (χ0) is 18.3. The van der Waals surface area contributed by atoms with E-state index in [0.717, 1.165) is 58.2 Å². The summed E-state index contributed by atoms with van der Waals surface area (Å²) in [7, 11) is 0. The minimum atomic E-state index is 0.289. The number of nitrogens with one attached hydrogen (secondary N) is 1. The molecule has 5 heteroatoms. The summed E-state index contributed by atoms with van der Waals surface area (Å²) in [5, 5.41) is 3.39. The highest BCUT2D eigenvalue weighted by Crippen LogP contribution is 2.16. The molecule has 1 aromatic rings. The number of hydrogen-bond acceptors (Lipinski definition) is 5. The van der Waals surface area contributed by atoms with Crippen LogP contribution in [0.3, 0.4) is 0 Å². The molecule has 5 nitrogen and oxygen atoms in total. The first-order valence-electron chi connectivity index (χ1n) is 9.63. The molecule has 0 aromatic carbocycles. The van der Waals surface area contributed by atoms with Gasteiger partial charge in [0.2, 0.25) is 5.88 Å². The van der Waals surface area contributed by atoms with Crippen molar-refractivity contribution in [3.05, 3.63) is 23.9 Å². The first-order chi connectivity index (χ1) is 11.8. The Kier molecular flexibility index (Phi) is 7.66. The molecular weight excluding hydrogens is 312 g/mol. The monoisotopic (exact) mass is 348 g/mol. The highest BCUT2D eigenvalue weighted by Gasteiger charge is 2.25. The molecule has 25 heavy (non-hydrogen) atoms. The smallest absolute Gasteiger partial charge is 0.213 e. The van der Waals surface area contributed by atoms with E-state index in [1.807, 2.05) is 12.3 Å². The van der Waals surface area contributed by atoms with Crippen LogP contribution in [-0.4, -0.2) is 65.7 Å². The van der Waals surface area contributed by atoms with Gasteiger partial charge in [0.1, 0.15) is 0 Å². The maximum atomic E-state index is 5.78. The highest BCUT2D eigenvalue weighted by molar-refractivity contribution is 5.17. The molecule has 2 heterocycles. The third-order valence-electron chi connectivity index (χ3n) is 4.70. The van der Waals surface area contributed by atoms with Gasteiger partial charge in [-0.05, 0) is 32.8 Å². The Morgan fingerprint density at radius 1 is 1.16 bits per heavy atom. The van der Waals surface area contributed by atoms with Crippen molar-refractivity contribution >= 4 is 0 Å². The van der Waals surface area contributed by atoms with E-state index in [4.69, 9.17) is 4.74 Å². The largest absolute Gasteiger partial charge is 0.478 e. The van der Waals surface area contributed by atoms with Gasteiger partial charge in [0.25, 0.3) is 0 Å². The SMILES string of the molecule is CC(C)NCc1ccc(OCCCN2CCN(C(C)(C)C)CC2)nc1. The van der Waals surface area contributed by atoms with E-state index in [9.17, 15) is 0 Å². The quantitative estimate of drug-likeness (QED) is 0.732. The normalized spacial score (nSPS) is 17.2. The maximum Gasteiger partial charge on any atom is 0.213 e. The number of ether oxygens (including phenoxy) is 1. The fourth-order valence-electron chi connectivity index (χ4n) is 3.03. The van der Waals surface area contributed by atoms with Gasteiger partial charge in [-0.3, -0.25) is 4.90 Å². The van der Waals surface area contributed by atoms with Crippen LogP contribution >= 0.6 is 0 Å². The van der Waals surface area contributed by atoms with Crippen LogP contribution in [0.25, 0.3) is 0 Å². The van der Waals surface area contributed by atoms with Gasteiger partial charge in [0, 0.05) is 63.1 Å². The number of nitrogens with zero attached hydrogens (tertiary/aromatic N) is 3. The van der Waals surface area contributed by atoms with Crippen LogP contribution in [-0.2, 0) is 6.54 Å². The molecule has 0 atom stereocenters. The molecule has 1 aliphatic rings. The fraction of sp³-hybridized carbons (Fsp3) is 0.750. The Balaban J connectivity index is 1.60. The second-order valence-electron chi connectivity index (χ2n) is 8.24.